The number of sulfonamides is 1. The van der Waals surface area contributed by atoms with Crippen molar-refractivity contribution in [2.24, 2.45) is 0 Å². The van der Waals surface area contributed by atoms with Gasteiger partial charge in [-0.1, -0.05) is 11.6 Å². The van der Waals surface area contributed by atoms with E-state index in [4.69, 9.17) is 16.3 Å². The standard InChI is InChI=1S/C11H16ClNO3S/c1-8-6-11(16-2)10(12)7-9(8)4-5-13-17(3,14)15/h6-7,13H,4-5H2,1-3H3. The minimum atomic E-state index is -3.14. The van der Waals surface area contributed by atoms with Gasteiger partial charge in [0, 0.05) is 6.54 Å². The van der Waals surface area contributed by atoms with Gasteiger partial charge < -0.3 is 4.74 Å². The topological polar surface area (TPSA) is 55.4 Å². The highest BCUT2D eigenvalue weighted by Gasteiger charge is 2.07. The summed E-state index contributed by atoms with van der Waals surface area (Å²) in [5, 5.41) is 0.535. The molecule has 0 atom stereocenters. The van der Waals surface area contributed by atoms with Crippen molar-refractivity contribution in [3.63, 3.8) is 0 Å². The summed E-state index contributed by atoms with van der Waals surface area (Å²) in [6.45, 7) is 2.30. The molecule has 0 saturated heterocycles. The SMILES string of the molecule is COc1cc(C)c(CCNS(C)(=O)=O)cc1Cl. The maximum Gasteiger partial charge on any atom is 0.208 e. The molecule has 17 heavy (non-hydrogen) atoms. The number of halogens is 1. The number of nitrogens with one attached hydrogen (secondary N) is 1. The van der Waals surface area contributed by atoms with Crippen LogP contribution in [0.3, 0.4) is 0 Å². The highest BCUT2D eigenvalue weighted by atomic mass is 35.5. The highest BCUT2D eigenvalue weighted by molar-refractivity contribution is 7.88. The Hall–Kier alpha value is -0.780. The minimum Gasteiger partial charge on any atom is -0.495 e. The van der Waals surface area contributed by atoms with Crippen LogP contribution in [0.5, 0.6) is 5.75 Å². The van der Waals surface area contributed by atoms with Crippen LogP contribution in [-0.2, 0) is 16.4 Å². The van der Waals surface area contributed by atoms with Crippen LogP contribution in [0.1, 0.15) is 11.1 Å². The Morgan fingerprint density at radius 1 is 1.41 bits per heavy atom. The van der Waals surface area contributed by atoms with Crippen molar-refractivity contribution in [1.82, 2.24) is 4.72 Å². The molecule has 0 spiro atoms. The van der Waals surface area contributed by atoms with E-state index in [1.54, 1.807) is 13.2 Å². The summed E-state index contributed by atoms with van der Waals surface area (Å²) >= 11 is 6.01. The van der Waals surface area contributed by atoms with Crippen LogP contribution in [0, 0.1) is 6.92 Å². The third kappa shape index (κ3) is 4.53. The molecule has 4 nitrogen and oxygen atoms in total. The average molecular weight is 278 g/mol. The Kier molecular flexibility index (Phi) is 4.80. The number of aryl methyl sites for hydroxylation is 1. The molecule has 0 bridgehead atoms. The first kappa shape index (κ1) is 14.3. The highest BCUT2D eigenvalue weighted by Crippen LogP contribution is 2.27. The second-order valence-electron chi connectivity index (χ2n) is 3.83. The van der Waals surface area contributed by atoms with Crippen LogP contribution in [0.2, 0.25) is 5.02 Å². The molecule has 1 N–H and O–H groups in total. The summed E-state index contributed by atoms with van der Waals surface area (Å²) in [6.07, 6.45) is 1.74. The van der Waals surface area contributed by atoms with Gasteiger partial charge in [-0.15, -0.1) is 0 Å². The summed E-state index contributed by atoms with van der Waals surface area (Å²) in [6, 6.07) is 3.65. The van der Waals surface area contributed by atoms with Crippen molar-refractivity contribution < 1.29 is 13.2 Å². The van der Waals surface area contributed by atoms with Crippen LogP contribution in [0.25, 0.3) is 0 Å². The molecule has 0 heterocycles. The van der Waals surface area contributed by atoms with E-state index in [1.165, 1.54) is 0 Å². The van der Waals surface area contributed by atoms with Gasteiger partial charge in [0.1, 0.15) is 5.75 Å². The van der Waals surface area contributed by atoms with Gasteiger partial charge >= 0.3 is 0 Å². The van der Waals surface area contributed by atoms with Crippen LogP contribution in [0.4, 0.5) is 0 Å². The van der Waals surface area contributed by atoms with Gasteiger partial charge in [0.15, 0.2) is 0 Å². The number of benzene rings is 1. The predicted octanol–water partition coefficient (Wildman–Crippen LogP) is 1.75. The zero-order valence-electron chi connectivity index (χ0n) is 10.1. The largest absolute Gasteiger partial charge is 0.495 e. The molecule has 96 valence electrons. The Balaban J connectivity index is 2.75. The van der Waals surface area contributed by atoms with Crippen molar-refractivity contribution in [2.45, 2.75) is 13.3 Å². The van der Waals surface area contributed by atoms with E-state index in [1.807, 2.05) is 13.0 Å². The fourth-order valence-electron chi connectivity index (χ4n) is 1.49. The van der Waals surface area contributed by atoms with Gasteiger partial charge in [0.05, 0.1) is 18.4 Å². The molecule has 0 saturated carbocycles. The number of ether oxygens (including phenoxy) is 1. The second kappa shape index (κ2) is 5.71. The summed E-state index contributed by atoms with van der Waals surface area (Å²) < 4.78 is 29.4. The molecule has 1 aromatic carbocycles. The maximum absolute atomic E-state index is 10.9. The van der Waals surface area contributed by atoms with E-state index in [0.29, 0.717) is 23.7 Å². The lowest BCUT2D eigenvalue weighted by Gasteiger charge is -2.10. The first-order valence-electron chi connectivity index (χ1n) is 5.11. The summed E-state index contributed by atoms with van der Waals surface area (Å²) in [4.78, 5) is 0. The van der Waals surface area contributed by atoms with E-state index in [-0.39, 0.29) is 0 Å². The Bertz CT molecular complexity index is 500. The lowest BCUT2D eigenvalue weighted by atomic mass is 10.1. The molecular weight excluding hydrogens is 262 g/mol. The first-order chi connectivity index (χ1) is 7.83. The zero-order chi connectivity index (χ0) is 13.1. The molecule has 6 heteroatoms. The fourth-order valence-corrected chi connectivity index (χ4v) is 2.23. The average Bonchev–Trinajstić information content (AvgIpc) is 2.20. The van der Waals surface area contributed by atoms with Crippen molar-refractivity contribution in [1.29, 1.82) is 0 Å². The van der Waals surface area contributed by atoms with Crippen molar-refractivity contribution in [2.75, 3.05) is 19.9 Å². The predicted molar refractivity (Wildman–Crippen MR) is 69.3 cm³/mol. The maximum atomic E-state index is 10.9. The van der Waals surface area contributed by atoms with Crippen molar-refractivity contribution >= 4 is 21.6 Å². The van der Waals surface area contributed by atoms with Crippen LogP contribution in [0.15, 0.2) is 12.1 Å². The Morgan fingerprint density at radius 2 is 2.06 bits per heavy atom. The van der Waals surface area contributed by atoms with E-state index in [2.05, 4.69) is 4.72 Å². The third-order valence-corrected chi connectivity index (χ3v) is 3.39. The Labute approximate surface area is 107 Å². The Morgan fingerprint density at radius 3 is 2.59 bits per heavy atom. The molecule has 0 aromatic heterocycles. The summed E-state index contributed by atoms with van der Waals surface area (Å²) in [7, 11) is -1.58. The monoisotopic (exact) mass is 277 g/mol. The molecular formula is C11H16ClNO3S. The van der Waals surface area contributed by atoms with Crippen LogP contribution >= 0.6 is 11.6 Å². The number of hydrogen-bond acceptors (Lipinski definition) is 3. The van der Waals surface area contributed by atoms with E-state index in [0.717, 1.165) is 17.4 Å². The molecule has 0 amide bonds. The van der Waals surface area contributed by atoms with Gasteiger partial charge in [-0.3, -0.25) is 0 Å². The van der Waals surface area contributed by atoms with Crippen LogP contribution in [-0.4, -0.2) is 28.3 Å². The zero-order valence-corrected chi connectivity index (χ0v) is 11.7. The quantitative estimate of drug-likeness (QED) is 0.892. The molecule has 0 aliphatic carbocycles. The summed E-state index contributed by atoms with van der Waals surface area (Å²) in [5.74, 6) is 0.629. The lowest BCUT2D eigenvalue weighted by molar-refractivity contribution is 0.414. The van der Waals surface area contributed by atoms with Crippen LogP contribution < -0.4 is 9.46 Å². The molecule has 1 aromatic rings. The van der Waals surface area contributed by atoms with Gasteiger partial charge in [-0.2, -0.15) is 0 Å². The number of methoxy groups -OCH3 is 1. The number of hydrogen-bond donors (Lipinski definition) is 1. The minimum absolute atomic E-state index is 0.363. The van der Waals surface area contributed by atoms with Gasteiger partial charge in [-0.25, -0.2) is 13.1 Å². The van der Waals surface area contributed by atoms with E-state index in [9.17, 15) is 8.42 Å². The molecule has 0 aliphatic heterocycles. The fraction of sp³-hybridized carbons (Fsp3) is 0.455. The van der Waals surface area contributed by atoms with Gasteiger partial charge in [-0.05, 0) is 36.6 Å². The number of rotatable bonds is 5. The smallest absolute Gasteiger partial charge is 0.208 e. The molecule has 1 rings (SSSR count). The second-order valence-corrected chi connectivity index (χ2v) is 6.07. The van der Waals surface area contributed by atoms with E-state index >= 15 is 0 Å². The molecule has 0 radical (unpaired) electrons. The van der Waals surface area contributed by atoms with E-state index < -0.39 is 10.0 Å². The molecule has 0 aliphatic rings. The first-order valence-corrected chi connectivity index (χ1v) is 7.38. The van der Waals surface area contributed by atoms with Crippen molar-refractivity contribution in [3.8, 4) is 5.75 Å². The molecule has 0 unspecified atom stereocenters. The normalized spacial score (nSPS) is 11.5. The molecule has 0 fully saturated rings. The van der Waals surface area contributed by atoms with Gasteiger partial charge in [0.25, 0.3) is 0 Å². The third-order valence-electron chi connectivity index (χ3n) is 2.37. The summed E-state index contributed by atoms with van der Waals surface area (Å²) in [5.41, 5.74) is 2.04. The van der Waals surface area contributed by atoms with Gasteiger partial charge in [0.2, 0.25) is 10.0 Å². The van der Waals surface area contributed by atoms with Crippen molar-refractivity contribution in [3.05, 3.63) is 28.3 Å². The lowest BCUT2D eigenvalue weighted by Crippen LogP contribution is -2.24.